The zero-order chi connectivity index (χ0) is 15.1. The van der Waals surface area contributed by atoms with Gasteiger partial charge in [0, 0.05) is 18.2 Å². The van der Waals surface area contributed by atoms with E-state index in [-0.39, 0.29) is 5.57 Å². The first-order chi connectivity index (χ1) is 10.2. The third kappa shape index (κ3) is 3.71. The first-order valence-corrected chi connectivity index (χ1v) is 6.40. The molecule has 0 unspecified atom stereocenters. The molecule has 1 heterocycles. The summed E-state index contributed by atoms with van der Waals surface area (Å²) in [6.45, 7) is 3.81. The molecule has 1 N–H and O–H groups in total. The first kappa shape index (κ1) is 14.4. The minimum absolute atomic E-state index is 0.00851. The molecule has 104 valence electrons. The minimum atomic E-state index is -0.449. The molecule has 4 heteroatoms. The van der Waals surface area contributed by atoms with Crippen molar-refractivity contribution in [3.05, 3.63) is 66.5 Å². The Kier molecular flexibility index (Phi) is 4.73. The van der Waals surface area contributed by atoms with Gasteiger partial charge < -0.3 is 9.73 Å². The Morgan fingerprint density at radius 2 is 2.05 bits per heavy atom. The molecule has 0 atom stereocenters. The number of furan rings is 1. The van der Waals surface area contributed by atoms with Crippen molar-refractivity contribution >= 4 is 12.0 Å². The van der Waals surface area contributed by atoms with E-state index in [1.165, 1.54) is 6.08 Å². The summed E-state index contributed by atoms with van der Waals surface area (Å²) < 4.78 is 5.63. The van der Waals surface area contributed by atoms with Crippen molar-refractivity contribution in [2.75, 3.05) is 6.54 Å². The Morgan fingerprint density at radius 1 is 1.29 bits per heavy atom. The van der Waals surface area contributed by atoms with Crippen LogP contribution in [0.25, 0.3) is 17.4 Å². The molecule has 0 aliphatic carbocycles. The van der Waals surface area contributed by atoms with Gasteiger partial charge in [0.05, 0.1) is 0 Å². The molecule has 0 aliphatic rings. The van der Waals surface area contributed by atoms with Crippen molar-refractivity contribution < 1.29 is 9.21 Å². The second kappa shape index (κ2) is 6.92. The third-order valence-corrected chi connectivity index (χ3v) is 2.74. The molecule has 0 radical (unpaired) electrons. The number of amides is 1. The van der Waals surface area contributed by atoms with E-state index in [0.717, 1.165) is 5.56 Å². The van der Waals surface area contributed by atoms with Crippen LogP contribution in [0, 0.1) is 11.3 Å². The molecule has 0 saturated carbocycles. The highest BCUT2D eigenvalue weighted by Gasteiger charge is 2.09. The van der Waals surface area contributed by atoms with Crippen molar-refractivity contribution in [2.45, 2.75) is 0 Å². The van der Waals surface area contributed by atoms with Crippen LogP contribution in [0.15, 0.2) is 65.1 Å². The standard InChI is InChI=1S/C17H14N2O2/c1-2-10-19-17(20)14(12-18)11-15-8-9-16(21-15)13-6-4-3-5-7-13/h2-9,11H,1,10H2,(H,19,20). The lowest BCUT2D eigenvalue weighted by Crippen LogP contribution is -2.24. The lowest BCUT2D eigenvalue weighted by atomic mass is 10.2. The minimum Gasteiger partial charge on any atom is -0.457 e. The quantitative estimate of drug-likeness (QED) is 0.519. The number of hydrogen-bond donors (Lipinski definition) is 1. The number of nitrogens with zero attached hydrogens (tertiary/aromatic N) is 1. The van der Waals surface area contributed by atoms with E-state index in [0.29, 0.717) is 18.1 Å². The van der Waals surface area contributed by atoms with Gasteiger partial charge in [-0.05, 0) is 12.1 Å². The summed E-state index contributed by atoms with van der Waals surface area (Å²) in [7, 11) is 0. The van der Waals surface area contributed by atoms with E-state index in [4.69, 9.17) is 9.68 Å². The fraction of sp³-hybridized carbons (Fsp3) is 0.0588. The van der Waals surface area contributed by atoms with Crippen LogP contribution >= 0.6 is 0 Å². The van der Waals surface area contributed by atoms with Crippen LogP contribution in [-0.4, -0.2) is 12.5 Å². The Bertz CT molecular complexity index is 706. The molecule has 2 aromatic rings. The topological polar surface area (TPSA) is 66.0 Å². The first-order valence-electron chi connectivity index (χ1n) is 6.40. The van der Waals surface area contributed by atoms with E-state index in [1.807, 2.05) is 36.4 Å². The zero-order valence-electron chi connectivity index (χ0n) is 11.4. The molecular formula is C17H14N2O2. The van der Waals surface area contributed by atoms with Crippen molar-refractivity contribution in [2.24, 2.45) is 0 Å². The van der Waals surface area contributed by atoms with Gasteiger partial charge in [0.2, 0.25) is 0 Å². The lowest BCUT2D eigenvalue weighted by Gasteiger charge is -1.99. The van der Waals surface area contributed by atoms with Crippen LogP contribution in [0.3, 0.4) is 0 Å². The highest BCUT2D eigenvalue weighted by molar-refractivity contribution is 6.01. The molecule has 21 heavy (non-hydrogen) atoms. The van der Waals surface area contributed by atoms with Gasteiger partial charge in [0.25, 0.3) is 5.91 Å². The van der Waals surface area contributed by atoms with E-state index in [2.05, 4.69) is 11.9 Å². The van der Waals surface area contributed by atoms with Gasteiger partial charge in [0.1, 0.15) is 23.2 Å². The van der Waals surface area contributed by atoms with E-state index in [1.54, 1.807) is 18.2 Å². The maximum Gasteiger partial charge on any atom is 0.262 e. The van der Waals surface area contributed by atoms with Gasteiger partial charge >= 0.3 is 0 Å². The predicted molar refractivity (Wildman–Crippen MR) is 80.9 cm³/mol. The number of hydrogen-bond acceptors (Lipinski definition) is 3. The summed E-state index contributed by atoms with van der Waals surface area (Å²) in [5.41, 5.74) is 0.928. The summed E-state index contributed by atoms with van der Waals surface area (Å²) >= 11 is 0. The monoisotopic (exact) mass is 278 g/mol. The largest absolute Gasteiger partial charge is 0.457 e. The van der Waals surface area contributed by atoms with Crippen LogP contribution in [0.5, 0.6) is 0 Å². The number of carbonyl (C=O) groups excluding carboxylic acids is 1. The molecule has 1 amide bonds. The van der Waals surface area contributed by atoms with Crippen LogP contribution in [0.4, 0.5) is 0 Å². The summed E-state index contributed by atoms with van der Waals surface area (Å²) in [6, 6.07) is 15.0. The number of nitrogens with one attached hydrogen (secondary N) is 1. The average Bonchev–Trinajstić information content (AvgIpc) is 2.99. The molecule has 0 bridgehead atoms. The molecule has 4 nitrogen and oxygen atoms in total. The van der Waals surface area contributed by atoms with Crippen LogP contribution in [-0.2, 0) is 4.79 Å². The normalized spacial score (nSPS) is 10.7. The molecule has 0 aliphatic heterocycles. The van der Waals surface area contributed by atoms with Gasteiger partial charge in [-0.15, -0.1) is 6.58 Å². The number of carbonyl (C=O) groups is 1. The van der Waals surface area contributed by atoms with Gasteiger partial charge in [-0.1, -0.05) is 36.4 Å². The second-order valence-corrected chi connectivity index (χ2v) is 4.24. The summed E-state index contributed by atoms with van der Waals surface area (Å²) in [6.07, 6.45) is 2.97. The number of nitriles is 1. The molecule has 0 spiro atoms. The lowest BCUT2D eigenvalue weighted by molar-refractivity contribution is -0.116. The second-order valence-electron chi connectivity index (χ2n) is 4.24. The third-order valence-electron chi connectivity index (χ3n) is 2.74. The highest BCUT2D eigenvalue weighted by Crippen LogP contribution is 2.22. The maximum atomic E-state index is 11.7. The average molecular weight is 278 g/mol. The van der Waals surface area contributed by atoms with Gasteiger partial charge in [-0.3, -0.25) is 4.79 Å². The van der Waals surface area contributed by atoms with Crippen molar-refractivity contribution in [1.82, 2.24) is 5.32 Å². The Morgan fingerprint density at radius 3 is 2.71 bits per heavy atom. The molecule has 1 aromatic carbocycles. The maximum absolute atomic E-state index is 11.7. The van der Waals surface area contributed by atoms with Gasteiger partial charge in [-0.2, -0.15) is 5.26 Å². The SMILES string of the molecule is C=CCNC(=O)C(C#N)=Cc1ccc(-c2ccccc2)o1. The molecule has 0 fully saturated rings. The summed E-state index contributed by atoms with van der Waals surface area (Å²) in [5, 5.41) is 11.6. The predicted octanol–water partition coefficient (Wildman–Crippen LogP) is 3.16. The van der Waals surface area contributed by atoms with Crippen molar-refractivity contribution in [1.29, 1.82) is 5.26 Å². The Hall–Kier alpha value is -3.06. The fourth-order valence-corrected chi connectivity index (χ4v) is 1.74. The smallest absolute Gasteiger partial charge is 0.262 e. The Labute approximate surface area is 123 Å². The summed E-state index contributed by atoms with van der Waals surface area (Å²) in [4.78, 5) is 11.7. The van der Waals surface area contributed by atoms with Crippen LogP contribution < -0.4 is 5.32 Å². The number of rotatable bonds is 5. The van der Waals surface area contributed by atoms with Crippen molar-refractivity contribution in [3.8, 4) is 17.4 Å². The van der Waals surface area contributed by atoms with Crippen LogP contribution in [0.1, 0.15) is 5.76 Å². The van der Waals surface area contributed by atoms with Crippen LogP contribution in [0.2, 0.25) is 0 Å². The van der Waals surface area contributed by atoms with E-state index >= 15 is 0 Å². The molecule has 1 aromatic heterocycles. The molecular weight excluding hydrogens is 264 g/mol. The van der Waals surface area contributed by atoms with Gasteiger partial charge in [-0.25, -0.2) is 0 Å². The van der Waals surface area contributed by atoms with Crippen molar-refractivity contribution in [3.63, 3.8) is 0 Å². The van der Waals surface area contributed by atoms with E-state index < -0.39 is 5.91 Å². The fourth-order valence-electron chi connectivity index (χ4n) is 1.74. The highest BCUT2D eigenvalue weighted by atomic mass is 16.3. The molecule has 2 rings (SSSR count). The van der Waals surface area contributed by atoms with Gasteiger partial charge in [0.15, 0.2) is 0 Å². The molecule has 0 saturated heterocycles. The summed E-state index contributed by atoms with van der Waals surface area (Å²) in [5.74, 6) is 0.694. The zero-order valence-corrected chi connectivity index (χ0v) is 11.4. The number of benzene rings is 1. The van der Waals surface area contributed by atoms with E-state index in [9.17, 15) is 4.79 Å². The Balaban J connectivity index is 2.21.